The van der Waals surface area contributed by atoms with Crippen LogP contribution in [0, 0.1) is 10.1 Å². The van der Waals surface area contributed by atoms with Crippen LogP contribution in [0.2, 0.25) is 0 Å². The van der Waals surface area contributed by atoms with Crippen molar-refractivity contribution in [1.29, 1.82) is 0 Å². The molecule has 0 radical (unpaired) electrons. The van der Waals surface area contributed by atoms with E-state index in [4.69, 9.17) is 19.3 Å². The number of aliphatic hydroxyl groups excluding tert-OH is 4. The number of rotatable bonds is 5. The molecule has 5 atom stereocenters. The van der Waals surface area contributed by atoms with Gasteiger partial charge in [0, 0.05) is 6.07 Å². The Hall–Kier alpha value is -1.98. The lowest BCUT2D eigenvalue weighted by Crippen LogP contribution is -2.60. The first-order valence-electron chi connectivity index (χ1n) is 6.68. The van der Waals surface area contributed by atoms with Gasteiger partial charge in [0.2, 0.25) is 6.29 Å². The number of aliphatic hydroxyl groups is 4. The number of nitro groups is 1. The topological polar surface area (TPSA) is 152 Å². The molecule has 1 aromatic carbocycles. The minimum Gasteiger partial charge on any atom is -0.493 e. The average molecular weight is 331 g/mol. The number of non-ortho nitro benzene ring substituents is 1. The van der Waals surface area contributed by atoms with E-state index in [1.54, 1.807) is 0 Å². The molecule has 0 bridgehead atoms. The van der Waals surface area contributed by atoms with E-state index in [1.165, 1.54) is 19.2 Å². The van der Waals surface area contributed by atoms with Crippen LogP contribution in [0.3, 0.4) is 0 Å². The minimum atomic E-state index is -1.59. The van der Waals surface area contributed by atoms with Gasteiger partial charge in [-0.3, -0.25) is 10.1 Å². The quantitative estimate of drug-likeness (QED) is 0.384. The van der Waals surface area contributed by atoms with E-state index in [0.717, 1.165) is 6.07 Å². The summed E-state index contributed by atoms with van der Waals surface area (Å²) in [6.45, 7) is -0.595. The molecule has 0 saturated carbocycles. The summed E-state index contributed by atoms with van der Waals surface area (Å²) < 4.78 is 15.5. The molecule has 1 aliphatic heterocycles. The third-order valence-electron chi connectivity index (χ3n) is 3.45. The Kier molecular flexibility index (Phi) is 5.34. The maximum absolute atomic E-state index is 10.7. The number of methoxy groups -OCH3 is 1. The molecule has 1 heterocycles. The van der Waals surface area contributed by atoms with Crippen molar-refractivity contribution in [2.24, 2.45) is 0 Å². The van der Waals surface area contributed by atoms with Crippen molar-refractivity contribution in [3.05, 3.63) is 28.3 Å². The van der Waals surface area contributed by atoms with Crippen LogP contribution in [0.25, 0.3) is 0 Å². The highest BCUT2D eigenvalue weighted by Crippen LogP contribution is 2.33. The van der Waals surface area contributed by atoms with E-state index < -0.39 is 42.2 Å². The van der Waals surface area contributed by atoms with Crippen molar-refractivity contribution in [2.45, 2.75) is 30.7 Å². The van der Waals surface area contributed by atoms with Crippen LogP contribution >= 0.6 is 0 Å². The first-order chi connectivity index (χ1) is 10.9. The van der Waals surface area contributed by atoms with Gasteiger partial charge in [0.05, 0.1) is 24.7 Å². The van der Waals surface area contributed by atoms with Crippen LogP contribution in [0.4, 0.5) is 5.69 Å². The maximum atomic E-state index is 10.7. The molecular formula is C13H17NO9. The molecule has 0 amide bonds. The van der Waals surface area contributed by atoms with E-state index >= 15 is 0 Å². The van der Waals surface area contributed by atoms with Crippen LogP contribution in [-0.2, 0) is 4.74 Å². The second kappa shape index (κ2) is 7.06. The summed E-state index contributed by atoms with van der Waals surface area (Å²) in [5.74, 6) is 0.0542. The Morgan fingerprint density at radius 1 is 1.22 bits per heavy atom. The largest absolute Gasteiger partial charge is 0.493 e. The molecule has 1 unspecified atom stereocenters. The van der Waals surface area contributed by atoms with Gasteiger partial charge in [-0.2, -0.15) is 0 Å². The Morgan fingerprint density at radius 2 is 1.91 bits per heavy atom. The molecule has 4 N–H and O–H groups in total. The Morgan fingerprint density at radius 3 is 2.48 bits per heavy atom. The van der Waals surface area contributed by atoms with Crippen molar-refractivity contribution in [1.82, 2.24) is 0 Å². The van der Waals surface area contributed by atoms with Gasteiger partial charge >= 0.3 is 0 Å². The summed E-state index contributed by atoms with van der Waals surface area (Å²) in [6.07, 6.45) is -7.21. The summed E-state index contributed by atoms with van der Waals surface area (Å²) in [5, 5.41) is 49.1. The van der Waals surface area contributed by atoms with Gasteiger partial charge in [0.25, 0.3) is 5.69 Å². The molecular weight excluding hydrogens is 314 g/mol. The summed E-state index contributed by atoms with van der Waals surface area (Å²) in [4.78, 5) is 10.1. The number of nitro benzene ring substituents is 1. The highest BCUT2D eigenvalue weighted by Gasteiger charge is 2.45. The summed E-state index contributed by atoms with van der Waals surface area (Å²) >= 11 is 0. The van der Waals surface area contributed by atoms with E-state index in [2.05, 4.69) is 0 Å². The third kappa shape index (κ3) is 3.51. The molecule has 10 nitrogen and oxygen atoms in total. The van der Waals surface area contributed by atoms with Crippen molar-refractivity contribution >= 4 is 5.69 Å². The molecule has 128 valence electrons. The van der Waals surface area contributed by atoms with Crippen molar-refractivity contribution < 1.29 is 39.6 Å². The lowest BCUT2D eigenvalue weighted by Gasteiger charge is -2.39. The summed E-state index contributed by atoms with van der Waals surface area (Å²) in [7, 11) is 1.28. The van der Waals surface area contributed by atoms with E-state index in [1.807, 2.05) is 0 Å². The van der Waals surface area contributed by atoms with Crippen LogP contribution in [0.1, 0.15) is 0 Å². The average Bonchev–Trinajstić information content (AvgIpc) is 2.55. The van der Waals surface area contributed by atoms with Crippen molar-refractivity contribution in [3.63, 3.8) is 0 Å². The van der Waals surface area contributed by atoms with Gasteiger partial charge in [0.15, 0.2) is 11.5 Å². The molecule has 2 rings (SSSR count). The van der Waals surface area contributed by atoms with Crippen molar-refractivity contribution in [3.8, 4) is 11.5 Å². The van der Waals surface area contributed by atoms with Gasteiger partial charge in [-0.1, -0.05) is 0 Å². The first kappa shape index (κ1) is 17.4. The second-order valence-corrected chi connectivity index (χ2v) is 4.91. The Bertz CT molecular complexity index is 564. The fraction of sp³-hybridized carbons (Fsp3) is 0.538. The van der Waals surface area contributed by atoms with E-state index in [0.29, 0.717) is 0 Å². The van der Waals surface area contributed by atoms with E-state index in [-0.39, 0.29) is 17.2 Å². The molecule has 1 saturated heterocycles. The predicted molar refractivity (Wildman–Crippen MR) is 74.0 cm³/mol. The SMILES string of the molecule is COc1cc([N+](=O)[O-])ccc1OC1O[C@H](CO)[C@H](O)[C@H](O)[C@H]1O. The van der Waals surface area contributed by atoms with Crippen LogP contribution in [-0.4, -0.2) is 69.8 Å². The number of nitrogens with zero attached hydrogens (tertiary/aromatic N) is 1. The molecule has 1 aromatic rings. The lowest BCUT2D eigenvalue weighted by molar-refractivity contribution is -0.385. The third-order valence-corrected chi connectivity index (χ3v) is 3.45. The minimum absolute atomic E-state index is 0.0242. The van der Waals surface area contributed by atoms with Gasteiger partial charge in [0.1, 0.15) is 24.4 Å². The molecule has 1 aliphatic rings. The molecule has 0 aliphatic carbocycles. The lowest BCUT2D eigenvalue weighted by atomic mass is 9.99. The van der Waals surface area contributed by atoms with Gasteiger partial charge < -0.3 is 34.6 Å². The molecule has 1 fully saturated rings. The van der Waals surface area contributed by atoms with Gasteiger partial charge in [-0.05, 0) is 6.07 Å². The van der Waals surface area contributed by atoms with E-state index in [9.17, 15) is 25.4 Å². The zero-order valence-corrected chi connectivity index (χ0v) is 12.1. The number of benzene rings is 1. The molecule has 0 spiro atoms. The standard InChI is InChI=1S/C13H17NO9/c1-21-8-4-6(14(19)20)2-3-7(8)22-13-12(18)11(17)10(16)9(5-15)23-13/h2-4,9-13,15-18H,5H2,1H3/t9-,10+,11+,12-,13?/m1/s1. The fourth-order valence-electron chi connectivity index (χ4n) is 2.16. The Balaban J connectivity index is 2.22. The summed E-state index contributed by atoms with van der Waals surface area (Å²) in [6, 6.07) is 3.54. The number of hydrogen-bond acceptors (Lipinski definition) is 9. The highest BCUT2D eigenvalue weighted by atomic mass is 16.7. The fourth-order valence-corrected chi connectivity index (χ4v) is 2.16. The zero-order chi connectivity index (χ0) is 17.1. The highest BCUT2D eigenvalue weighted by molar-refractivity contribution is 5.48. The van der Waals surface area contributed by atoms with Crippen LogP contribution in [0.15, 0.2) is 18.2 Å². The number of hydrogen-bond donors (Lipinski definition) is 4. The molecule has 23 heavy (non-hydrogen) atoms. The summed E-state index contributed by atoms with van der Waals surface area (Å²) in [5.41, 5.74) is -0.219. The maximum Gasteiger partial charge on any atom is 0.273 e. The normalized spacial score (nSPS) is 30.7. The molecule has 10 heteroatoms. The van der Waals surface area contributed by atoms with Crippen LogP contribution in [0.5, 0.6) is 11.5 Å². The van der Waals surface area contributed by atoms with Crippen molar-refractivity contribution in [2.75, 3.05) is 13.7 Å². The predicted octanol–water partition coefficient (Wildman–Crippen LogP) is -1.22. The first-order valence-corrected chi connectivity index (χ1v) is 6.68. The van der Waals surface area contributed by atoms with Gasteiger partial charge in [-0.25, -0.2) is 0 Å². The Labute approximate surface area is 130 Å². The smallest absolute Gasteiger partial charge is 0.273 e. The second-order valence-electron chi connectivity index (χ2n) is 4.91. The number of ether oxygens (including phenoxy) is 3. The van der Waals surface area contributed by atoms with Gasteiger partial charge in [-0.15, -0.1) is 0 Å². The monoisotopic (exact) mass is 331 g/mol. The molecule has 0 aromatic heterocycles. The zero-order valence-electron chi connectivity index (χ0n) is 12.1. The van der Waals surface area contributed by atoms with Crippen LogP contribution < -0.4 is 9.47 Å².